The number of hydrogen-bond acceptors (Lipinski definition) is 4. The van der Waals surface area contributed by atoms with Gasteiger partial charge in [-0.05, 0) is 48.7 Å². The van der Waals surface area contributed by atoms with E-state index in [9.17, 15) is 4.79 Å². The summed E-state index contributed by atoms with van der Waals surface area (Å²) in [5, 5.41) is 3.47. The van der Waals surface area contributed by atoms with Crippen LogP contribution in [0, 0.1) is 6.92 Å². The molecular weight excluding hydrogens is 350 g/mol. The Kier molecular flexibility index (Phi) is 6.76. The monoisotopic (exact) mass is 375 g/mol. The molecule has 0 radical (unpaired) electrons. The highest BCUT2D eigenvalue weighted by molar-refractivity contribution is 5.95. The van der Waals surface area contributed by atoms with E-state index in [1.807, 2.05) is 25.1 Å². The molecule has 0 saturated heterocycles. The molecule has 0 aromatic heterocycles. The van der Waals surface area contributed by atoms with Crippen molar-refractivity contribution in [3.05, 3.63) is 88.8 Å². The molecule has 2 aromatic carbocycles. The number of nitrogens with one attached hydrogen (secondary N) is 1. The van der Waals surface area contributed by atoms with Gasteiger partial charge in [0.2, 0.25) is 11.8 Å². The fourth-order valence-corrected chi connectivity index (χ4v) is 2.92. The molecule has 0 aliphatic carbocycles. The molecule has 5 nitrogen and oxygen atoms in total. The van der Waals surface area contributed by atoms with E-state index < -0.39 is 5.91 Å². The van der Waals surface area contributed by atoms with Crippen molar-refractivity contribution in [2.75, 3.05) is 6.54 Å². The van der Waals surface area contributed by atoms with Gasteiger partial charge < -0.3 is 15.8 Å². The molecule has 1 amide bonds. The van der Waals surface area contributed by atoms with Crippen LogP contribution < -0.4 is 15.8 Å². The van der Waals surface area contributed by atoms with Gasteiger partial charge in [-0.15, -0.1) is 0 Å². The number of carbonyl (C=O) groups excluding carboxylic acids is 1. The maximum atomic E-state index is 11.3. The lowest BCUT2D eigenvalue weighted by atomic mass is 10.1. The van der Waals surface area contributed by atoms with Gasteiger partial charge in [-0.3, -0.25) is 4.79 Å². The average molecular weight is 375 g/mol. The van der Waals surface area contributed by atoms with E-state index in [2.05, 4.69) is 40.6 Å². The summed E-state index contributed by atoms with van der Waals surface area (Å²) in [7, 11) is 0. The molecule has 0 bridgehead atoms. The number of benzene rings is 2. The van der Waals surface area contributed by atoms with E-state index >= 15 is 0 Å². The highest BCUT2D eigenvalue weighted by Crippen LogP contribution is 2.22. The van der Waals surface area contributed by atoms with Gasteiger partial charge in [0.1, 0.15) is 5.75 Å². The van der Waals surface area contributed by atoms with Crippen molar-refractivity contribution in [2.24, 2.45) is 10.7 Å². The maximum Gasteiger partial charge on any atom is 0.244 e. The van der Waals surface area contributed by atoms with Gasteiger partial charge in [-0.2, -0.15) is 0 Å². The van der Waals surface area contributed by atoms with Crippen LogP contribution in [-0.2, 0) is 17.8 Å². The minimum atomic E-state index is -0.441. The minimum Gasteiger partial charge on any atom is -0.439 e. The minimum absolute atomic E-state index is 0.408. The van der Waals surface area contributed by atoms with Crippen LogP contribution in [0.1, 0.15) is 23.1 Å². The lowest BCUT2D eigenvalue weighted by molar-refractivity contribution is -0.114. The van der Waals surface area contributed by atoms with Crippen LogP contribution in [0.15, 0.2) is 77.1 Å². The third-order valence-corrected chi connectivity index (χ3v) is 4.49. The standard InChI is InChI=1S/C23H25N3O2/c1-17-15-19(16-25-13-11-18-5-3-2-4-6-18)7-9-21(17)28-22-10-8-20(23(24)27)12-14-26-22/h2-10,14-15,25H,11-13,16H2,1H3,(H2,24,27). The first kappa shape index (κ1) is 19.6. The van der Waals surface area contributed by atoms with Crippen molar-refractivity contribution in [2.45, 2.75) is 26.3 Å². The summed E-state index contributed by atoms with van der Waals surface area (Å²) in [4.78, 5) is 15.5. The summed E-state index contributed by atoms with van der Waals surface area (Å²) < 4.78 is 5.88. The number of rotatable bonds is 8. The average Bonchev–Trinajstić information content (AvgIpc) is 2.94. The lowest BCUT2D eigenvalue weighted by Gasteiger charge is -2.11. The van der Waals surface area contributed by atoms with Crippen LogP contribution in [0.5, 0.6) is 5.75 Å². The molecule has 0 fully saturated rings. The number of hydrogen-bond donors (Lipinski definition) is 2. The third-order valence-electron chi connectivity index (χ3n) is 4.49. The van der Waals surface area contributed by atoms with Crippen molar-refractivity contribution >= 4 is 12.1 Å². The smallest absolute Gasteiger partial charge is 0.244 e. The second-order valence-electron chi connectivity index (χ2n) is 6.69. The van der Waals surface area contributed by atoms with Crippen molar-refractivity contribution in [1.82, 2.24) is 5.32 Å². The van der Waals surface area contributed by atoms with Crippen LogP contribution in [0.3, 0.4) is 0 Å². The number of aliphatic imine (C=N–C) groups is 1. The van der Waals surface area contributed by atoms with Gasteiger partial charge in [0.05, 0.1) is 0 Å². The SMILES string of the molecule is Cc1cc(CNCCc2ccccc2)ccc1OC1=CC=C(C(N)=O)CC=N1. The Morgan fingerprint density at radius 1 is 1.14 bits per heavy atom. The second kappa shape index (κ2) is 9.67. The van der Waals surface area contributed by atoms with E-state index in [0.29, 0.717) is 17.9 Å². The highest BCUT2D eigenvalue weighted by Gasteiger charge is 2.08. The van der Waals surface area contributed by atoms with Crippen molar-refractivity contribution in [3.63, 3.8) is 0 Å². The molecule has 3 N–H and O–H groups in total. The molecule has 5 heteroatoms. The Balaban J connectivity index is 1.54. The molecule has 0 atom stereocenters. The molecule has 3 rings (SSSR count). The molecule has 144 valence electrons. The fraction of sp³-hybridized carbons (Fsp3) is 0.217. The molecule has 28 heavy (non-hydrogen) atoms. The maximum absolute atomic E-state index is 11.3. The Labute approximate surface area is 165 Å². The van der Waals surface area contributed by atoms with E-state index in [-0.39, 0.29) is 0 Å². The number of ether oxygens (including phenoxy) is 1. The van der Waals surface area contributed by atoms with Crippen molar-refractivity contribution in [1.29, 1.82) is 0 Å². The third kappa shape index (κ3) is 5.66. The van der Waals surface area contributed by atoms with Crippen LogP contribution in [-0.4, -0.2) is 18.7 Å². The first-order valence-corrected chi connectivity index (χ1v) is 9.37. The van der Waals surface area contributed by atoms with Crippen LogP contribution in [0.2, 0.25) is 0 Å². The van der Waals surface area contributed by atoms with Gasteiger partial charge in [0.25, 0.3) is 0 Å². The summed E-state index contributed by atoms with van der Waals surface area (Å²) in [6.45, 7) is 3.74. The Hall–Kier alpha value is -3.18. The first-order valence-electron chi connectivity index (χ1n) is 9.37. The predicted octanol–water partition coefficient (Wildman–Crippen LogP) is 3.43. The number of carbonyl (C=O) groups is 1. The lowest BCUT2D eigenvalue weighted by Crippen LogP contribution is -2.16. The van der Waals surface area contributed by atoms with E-state index in [1.54, 1.807) is 18.4 Å². The van der Waals surface area contributed by atoms with E-state index in [1.165, 1.54) is 11.1 Å². The summed E-state index contributed by atoms with van der Waals surface area (Å²) >= 11 is 0. The van der Waals surface area contributed by atoms with Gasteiger partial charge in [-0.1, -0.05) is 42.5 Å². The molecule has 0 spiro atoms. The zero-order valence-corrected chi connectivity index (χ0v) is 16.0. The van der Waals surface area contributed by atoms with Gasteiger partial charge >= 0.3 is 0 Å². The highest BCUT2D eigenvalue weighted by atomic mass is 16.5. The molecule has 0 saturated carbocycles. The summed E-state index contributed by atoms with van der Waals surface area (Å²) in [5.41, 5.74) is 9.39. The van der Waals surface area contributed by atoms with Crippen molar-refractivity contribution < 1.29 is 9.53 Å². The summed E-state index contributed by atoms with van der Waals surface area (Å²) in [5.74, 6) is 0.740. The van der Waals surface area contributed by atoms with Gasteiger partial charge in [-0.25, -0.2) is 4.99 Å². The molecule has 1 aliphatic rings. The molecule has 0 unspecified atom stereocenters. The largest absolute Gasteiger partial charge is 0.439 e. The number of nitrogens with zero attached hydrogens (tertiary/aromatic N) is 1. The topological polar surface area (TPSA) is 76.7 Å². The predicted molar refractivity (Wildman–Crippen MR) is 112 cm³/mol. The number of primary amides is 1. The zero-order valence-electron chi connectivity index (χ0n) is 16.0. The quantitative estimate of drug-likeness (QED) is 0.694. The van der Waals surface area contributed by atoms with Crippen LogP contribution >= 0.6 is 0 Å². The van der Waals surface area contributed by atoms with Gasteiger partial charge in [0, 0.05) is 30.8 Å². The number of aryl methyl sites for hydroxylation is 1. The zero-order chi connectivity index (χ0) is 19.8. The van der Waals surface area contributed by atoms with Gasteiger partial charge in [0.15, 0.2) is 0 Å². The normalized spacial score (nSPS) is 13.5. The molecule has 1 aliphatic heterocycles. The van der Waals surface area contributed by atoms with Crippen LogP contribution in [0.25, 0.3) is 0 Å². The summed E-state index contributed by atoms with van der Waals surface area (Å²) in [6.07, 6.45) is 6.38. The Bertz CT molecular complexity index is 915. The molecular formula is C23H25N3O2. The fourth-order valence-electron chi connectivity index (χ4n) is 2.92. The number of allylic oxidation sites excluding steroid dienone is 2. The molecule has 1 heterocycles. The number of nitrogens with two attached hydrogens (primary N) is 1. The first-order chi connectivity index (χ1) is 13.6. The van der Waals surface area contributed by atoms with E-state index in [4.69, 9.17) is 10.5 Å². The Morgan fingerprint density at radius 3 is 2.71 bits per heavy atom. The van der Waals surface area contributed by atoms with E-state index in [0.717, 1.165) is 30.8 Å². The second-order valence-corrected chi connectivity index (χ2v) is 6.69. The number of amides is 1. The van der Waals surface area contributed by atoms with Crippen molar-refractivity contribution in [3.8, 4) is 5.75 Å². The summed E-state index contributed by atoms with van der Waals surface area (Å²) in [6, 6.07) is 16.6. The Morgan fingerprint density at radius 2 is 1.96 bits per heavy atom. The molecule has 2 aromatic rings. The van der Waals surface area contributed by atoms with Crippen LogP contribution in [0.4, 0.5) is 0 Å².